The van der Waals surface area contributed by atoms with Crippen LogP contribution in [-0.4, -0.2) is 11.0 Å². The summed E-state index contributed by atoms with van der Waals surface area (Å²) in [4.78, 5) is 26.3. The zero-order valence-corrected chi connectivity index (χ0v) is 13.7. The van der Waals surface area contributed by atoms with E-state index in [4.69, 9.17) is 17.1 Å². The Hall–Kier alpha value is -1.56. The van der Waals surface area contributed by atoms with Gasteiger partial charge in [0.25, 0.3) is 5.91 Å². The predicted octanol–water partition coefficient (Wildman–Crippen LogP) is 5.37. The quantitative estimate of drug-likeness (QED) is 0.301. The molecule has 0 aliphatic carbocycles. The molecule has 0 aliphatic heterocycles. The lowest BCUT2D eigenvalue weighted by molar-refractivity contribution is -0.114. The highest BCUT2D eigenvalue weighted by Gasteiger charge is 2.20. The minimum Gasteiger partial charge on any atom is -0.287 e. The van der Waals surface area contributed by atoms with Crippen LogP contribution >= 0.6 is 23.4 Å². The van der Waals surface area contributed by atoms with Gasteiger partial charge in [-0.15, -0.1) is 0 Å². The Morgan fingerprint density at radius 1 is 1.45 bits per heavy atom. The molecule has 0 spiro atoms. The number of nitrogens with zero attached hydrogens (tertiary/aromatic N) is 3. The molecular formula is C14H15ClFN3O2S. The van der Waals surface area contributed by atoms with Gasteiger partial charge in [-0.3, -0.25) is 9.59 Å². The van der Waals surface area contributed by atoms with Crippen LogP contribution in [0.5, 0.6) is 0 Å². The summed E-state index contributed by atoms with van der Waals surface area (Å²) in [5.74, 6) is -2.06. The molecule has 1 aromatic carbocycles. The lowest BCUT2D eigenvalue weighted by Crippen LogP contribution is -2.10. The highest BCUT2D eigenvalue weighted by Crippen LogP contribution is 2.33. The average Bonchev–Trinajstić information content (AvgIpc) is 2.47. The molecule has 0 saturated carbocycles. The standard InChI is InChI=1S/C14H15ClFN3O2S/c1-3-5-8(4-2)14(21)22-12-6-9(13(20)18-19-17)11(16)7-10(12)15/h6-8H,3-5H2,1-2H3. The van der Waals surface area contributed by atoms with Gasteiger partial charge >= 0.3 is 0 Å². The fourth-order valence-corrected chi connectivity index (χ4v) is 3.16. The zero-order chi connectivity index (χ0) is 16.7. The van der Waals surface area contributed by atoms with Gasteiger partial charge < -0.3 is 0 Å². The van der Waals surface area contributed by atoms with E-state index in [1.165, 1.54) is 0 Å². The SMILES string of the molecule is CCCC(CC)C(=O)Sc1cc(C(=O)N=[N+]=[N-])c(F)cc1Cl. The minimum absolute atomic E-state index is 0.0414. The van der Waals surface area contributed by atoms with Crippen LogP contribution in [0.25, 0.3) is 10.4 Å². The molecule has 1 aromatic rings. The molecule has 0 radical (unpaired) electrons. The van der Waals surface area contributed by atoms with E-state index in [1.54, 1.807) is 0 Å². The minimum atomic E-state index is -1.05. The summed E-state index contributed by atoms with van der Waals surface area (Å²) in [5, 5.41) is 2.81. The molecule has 1 atom stereocenters. The molecule has 5 nitrogen and oxygen atoms in total. The van der Waals surface area contributed by atoms with Crippen LogP contribution in [0.3, 0.4) is 0 Å². The van der Waals surface area contributed by atoms with Crippen molar-refractivity contribution in [3.63, 3.8) is 0 Å². The van der Waals surface area contributed by atoms with Crippen molar-refractivity contribution in [3.8, 4) is 0 Å². The third-order valence-corrected chi connectivity index (χ3v) is 4.58. The summed E-state index contributed by atoms with van der Waals surface area (Å²) in [7, 11) is 0. The topological polar surface area (TPSA) is 82.9 Å². The van der Waals surface area contributed by atoms with Crippen LogP contribution in [0.4, 0.5) is 4.39 Å². The van der Waals surface area contributed by atoms with Gasteiger partial charge in [-0.25, -0.2) is 4.39 Å². The summed E-state index contributed by atoms with van der Waals surface area (Å²) in [5.41, 5.74) is 7.85. The molecule has 1 unspecified atom stereocenters. The van der Waals surface area contributed by atoms with Crippen molar-refractivity contribution >= 4 is 34.4 Å². The molecule has 1 amide bonds. The maximum absolute atomic E-state index is 13.7. The first-order valence-electron chi connectivity index (χ1n) is 6.74. The molecule has 0 N–H and O–H groups in total. The molecule has 0 aliphatic rings. The Kier molecular flexibility index (Phi) is 7.38. The first kappa shape index (κ1) is 18.5. The van der Waals surface area contributed by atoms with Crippen molar-refractivity contribution in [3.05, 3.63) is 39.0 Å². The number of thioether (sulfide) groups is 1. The number of benzene rings is 1. The monoisotopic (exact) mass is 343 g/mol. The van der Waals surface area contributed by atoms with Crippen LogP contribution in [0, 0.1) is 11.7 Å². The lowest BCUT2D eigenvalue weighted by Gasteiger charge is -2.13. The van der Waals surface area contributed by atoms with E-state index in [2.05, 4.69) is 10.0 Å². The Balaban J connectivity index is 3.09. The molecule has 0 heterocycles. The second-order valence-electron chi connectivity index (χ2n) is 4.57. The molecule has 8 heteroatoms. The van der Waals surface area contributed by atoms with Gasteiger partial charge in [-0.1, -0.05) is 43.6 Å². The number of azide groups is 1. The molecule has 0 saturated heterocycles. The smallest absolute Gasteiger partial charge is 0.252 e. The summed E-state index contributed by atoms with van der Waals surface area (Å²) in [6.45, 7) is 3.91. The fourth-order valence-electron chi connectivity index (χ4n) is 1.89. The van der Waals surface area contributed by atoms with Gasteiger partial charge in [0.15, 0.2) is 5.12 Å². The fraction of sp³-hybridized carbons (Fsp3) is 0.429. The van der Waals surface area contributed by atoms with Gasteiger partial charge in [0, 0.05) is 15.7 Å². The van der Waals surface area contributed by atoms with Gasteiger partial charge in [0.2, 0.25) is 0 Å². The highest BCUT2D eigenvalue weighted by molar-refractivity contribution is 8.13. The molecule has 0 bridgehead atoms. The second-order valence-corrected chi connectivity index (χ2v) is 6.03. The van der Waals surface area contributed by atoms with Crippen molar-refractivity contribution in [2.24, 2.45) is 11.0 Å². The van der Waals surface area contributed by atoms with E-state index in [1.807, 2.05) is 13.8 Å². The number of hydrogen-bond donors (Lipinski definition) is 0. The maximum atomic E-state index is 13.7. The van der Waals surface area contributed by atoms with Crippen molar-refractivity contribution in [2.75, 3.05) is 0 Å². The van der Waals surface area contributed by atoms with Crippen LogP contribution in [0.15, 0.2) is 22.1 Å². The van der Waals surface area contributed by atoms with Gasteiger partial charge in [0.05, 0.1) is 10.6 Å². The van der Waals surface area contributed by atoms with Gasteiger partial charge in [-0.2, -0.15) is 0 Å². The Labute approximate surface area is 136 Å². The average molecular weight is 344 g/mol. The third kappa shape index (κ3) is 4.73. The van der Waals surface area contributed by atoms with Crippen molar-refractivity contribution in [1.82, 2.24) is 0 Å². The Morgan fingerprint density at radius 2 is 2.14 bits per heavy atom. The van der Waals surface area contributed by atoms with Crippen molar-refractivity contribution in [2.45, 2.75) is 38.0 Å². The van der Waals surface area contributed by atoms with E-state index < -0.39 is 17.3 Å². The summed E-state index contributed by atoms with van der Waals surface area (Å²) < 4.78 is 13.7. The van der Waals surface area contributed by atoms with Crippen LogP contribution in [0.2, 0.25) is 5.02 Å². The number of halogens is 2. The lowest BCUT2D eigenvalue weighted by atomic mass is 10.0. The van der Waals surface area contributed by atoms with Crippen LogP contribution < -0.4 is 0 Å². The van der Waals surface area contributed by atoms with Crippen molar-refractivity contribution in [1.29, 1.82) is 0 Å². The van der Waals surface area contributed by atoms with E-state index >= 15 is 0 Å². The number of carbonyl (C=O) groups excluding carboxylic acids is 2. The van der Waals surface area contributed by atoms with Gasteiger partial charge in [0.1, 0.15) is 5.82 Å². The normalized spacial score (nSPS) is 11.6. The first-order chi connectivity index (χ1) is 10.4. The van der Waals surface area contributed by atoms with E-state index in [-0.39, 0.29) is 21.0 Å². The summed E-state index contributed by atoms with van der Waals surface area (Å²) in [6.07, 6.45) is 2.33. The molecule has 22 heavy (non-hydrogen) atoms. The van der Waals surface area contributed by atoms with E-state index in [0.29, 0.717) is 6.42 Å². The largest absolute Gasteiger partial charge is 0.287 e. The highest BCUT2D eigenvalue weighted by atomic mass is 35.5. The third-order valence-electron chi connectivity index (χ3n) is 3.06. The molecular weight excluding hydrogens is 329 g/mol. The first-order valence-corrected chi connectivity index (χ1v) is 7.94. The number of hydrogen-bond acceptors (Lipinski definition) is 3. The maximum Gasteiger partial charge on any atom is 0.252 e. The number of carbonyl (C=O) groups is 2. The number of rotatable bonds is 6. The summed E-state index contributed by atoms with van der Waals surface area (Å²) >= 11 is 6.80. The number of amides is 1. The molecule has 1 rings (SSSR count). The zero-order valence-electron chi connectivity index (χ0n) is 12.2. The molecule has 0 aromatic heterocycles. The van der Waals surface area contributed by atoms with Crippen molar-refractivity contribution < 1.29 is 14.0 Å². The second kappa shape index (κ2) is 8.78. The van der Waals surface area contributed by atoms with E-state index in [9.17, 15) is 14.0 Å². The predicted molar refractivity (Wildman–Crippen MR) is 84.4 cm³/mol. The molecule has 118 valence electrons. The van der Waals surface area contributed by atoms with E-state index in [0.717, 1.165) is 36.7 Å². The Morgan fingerprint density at radius 3 is 2.68 bits per heavy atom. The molecule has 0 fully saturated rings. The van der Waals surface area contributed by atoms with Crippen LogP contribution in [-0.2, 0) is 4.79 Å². The summed E-state index contributed by atoms with van der Waals surface area (Å²) in [6, 6.07) is 2.09. The van der Waals surface area contributed by atoms with Gasteiger partial charge in [-0.05, 0) is 35.6 Å². The van der Waals surface area contributed by atoms with Crippen LogP contribution in [0.1, 0.15) is 43.5 Å². The Bertz CT molecular complexity index is 633.